The van der Waals surface area contributed by atoms with Crippen LogP contribution in [0.2, 0.25) is 5.02 Å². The van der Waals surface area contributed by atoms with E-state index in [1.807, 2.05) is 12.1 Å². The van der Waals surface area contributed by atoms with Crippen molar-refractivity contribution < 1.29 is 0 Å². The van der Waals surface area contributed by atoms with E-state index in [1.54, 1.807) is 0 Å². The van der Waals surface area contributed by atoms with Crippen molar-refractivity contribution in [1.82, 2.24) is 0 Å². The van der Waals surface area contributed by atoms with Crippen molar-refractivity contribution in [3.8, 4) is 0 Å². The molecule has 0 bridgehead atoms. The van der Waals surface area contributed by atoms with Crippen LogP contribution >= 0.6 is 11.6 Å². The molecule has 1 nitrogen and oxygen atoms in total. The first kappa shape index (κ1) is 13.9. The Morgan fingerprint density at radius 2 is 2.17 bits per heavy atom. The van der Waals surface area contributed by atoms with E-state index in [2.05, 4.69) is 19.9 Å². The monoisotopic (exact) mass is 265 g/mol. The number of rotatable bonds is 3. The molecule has 1 saturated carbocycles. The van der Waals surface area contributed by atoms with Gasteiger partial charge in [0.15, 0.2) is 0 Å². The molecule has 1 aromatic carbocycles. The predicted molar refractivity (Wildman–Crippen MR) is 78.9 cm³/mol. The normalized spacial score (nSPS) is 26.0. The van der Waals surface area contributed by atoms with Crippen molar-refractivity contribution in [2.75, 3.05) is 0 Å². The molecule has 0 radical (unpaired) electrons. The molecule has 0 spiro atoms. The van der Waals surface area contributed by atoms with Gasteiger partial charge >= 0.3 is 0 Å². The van der Waals surface area contributed by atoms with Crippen molar-refractivity contribution in [2.45, 2.75) is 52.0 Å². The summed E-state index contributed by atoms with van der Waals surface area (Å²) in [5.41, 5.74) is 8.90. The molecule has 0 aliphatic heterocycles. The molecular weight excluding hydrogens is 242 g/mol. The Morgan fingerprint density at radius 1 is 1.39 bits per heavy atom. The Balaban J connectivity index is 2.15. The maximum absolute atomic E-state index is 6.50. The van der Waals surface area contributed by atoms with Gasteiger partial charge < -0.3 is 5.73 Å². The number of hydrogen-bond donors (Lipinski definition) is 1. The second-order valence-corrected chi connectivity index (χ2v) is 6.09. The van der Waals surface area contributed by atoms with E-state index in [1.165, 1.54) is 37.7 Å². The highest BCUT2D eigenvalue weighted by molar-refractivity contribution is 6.31. The summed E-state index contributed by atoms with van der Waals surface area (Å²) in [7, 11) is 0. The summed E-state index contributed by atoms with van der Waals surface area (Å²) in [6, 6.07) is 6.26. The molecule has 0 saturated heterocycles. The summed E-state index contributed by atoms with van der Waals surface area (Å²) in [6.07, 6.45) is 6.55. The first-order chi connectivity index (χ1) is 8.63. The molecule has 3 atom stereocenters. The van der Waals surface area contributed by atoms with Crippen LogP contribution in [0.4, 0.5) is 0 Å². The largest absolute Gasteiger partial charge is 0.324 e. The molecule has 1 aromatic rings. The van der Waals surface area contributed by atoms with Crippen LogP contribution in [0.5, 0.6) is 0 Å². The standard InChI is InChI=1S/C16H24ClN/c1-3-12-6-4-7-13(10-12)16(18)14-8-5-9-15(17)11(14)2/h5,8-9,12-13,16H,3-4,6-7,10,18H2,1-2H3. The molecule has 1 fully saturated rings. The summed E-state index contributed by atoms with van der Waals surface area (Å²) in [6.45, 7) is 4.38. The highest BCUT2D eigenvalue weighted by Gasteiger charge is 2.27. The summed E-state index contributed by atoms with van der Waals surface area (Å²) < 4.78 is 0. The number of hydrogen-bond acceptors (Lipinski definition) is 1. The van der Waals surface area contributed by atoms with Gasteiger partial charge in [-0.1, -0.05) is 49.9 Å². The molecule has 2 N–H and O–H groups in total. The van der Waals surface area contributed by atoms with E-state index >= 15 is 0 Å². The quantitative estimate of drug-likeness (QED) is 0.829. The molecule has 0 aromatic heterocycles. The zero-order valence-corrected chi connectivity index (χ0v) is 12.2. The summed E-state index contributed by atoms with van der Waals surface area (Å²) in [4.78, 5) is 0. The topological polar surface area (TPSA) is 26.0 Å². The van der Waals surface area contributed by atoms with E-state index in [0.717, 1.165) is 16.5 Å². The van der Waals surface area contributed by atoms with Gasteiger partial charge in [0, 0.05) is 11.1 Å². The summed E-state index contributed by atoms with van der Waals surface area (Å²) in [5, 5.41) is 0.839. The second kappa shape index (κ2) is 6.08. The van der Waals surface area contributed by atoms with Crippen molar-refractivity contribution in [3.63, 3.8) is 0 Å². The van der Waals surface area contributed by atoms with E-state index in [0.29, 0.717) is 5.92 Å². The van der Waals surface area contributed by atoms with Gasteiger partial charge in [-0.15, -0.1) is 0 Å². The lowest BCUT2D eigenvalue weighted by atomic mass is 9.75. The van der Waals surface area contributed by atoms with Gasteiger partial charge in [-0.3, -0.25) is 0 Å². The van der Waals surface area contributed by atoms with Gasteiger partial charge in [0.1, 0.15) is 0 Å². The van der Waals surface area contributed by atoms with Crippen LogP contribution < -0.4 is 5.73 Å². The fourth-order valence-corrected chi connectivity index (χ4v) is 3.45. The van der Waals surface area contributed by atoms with Gasteiger partial charge in [-0.25, -0.2) is 0 Å². The summed E-state index contributed by atoms with van der Waals surface area (Å²) >= 11 is 6.20. The van der Waals surface area contributed by atoms with Crippen LogP contribution in [0.1, 0.15) is 56.2 Å². The first-order valence-electron chi connectivity index (χ1n) is 7.14. The third-order valence-electron chi connectivity index (χ3n) is 4.58. The SMILES string of the molecule is CCC1CCCC(C(N)c2cccc(Cl)c2C)C1. The minimum atomic E-state index is 0.151. The highest BCUT2D eigenvalue weighted by atomic mass is 35.5. The average molecular weight is 266 g/mol. The Hall–Kier alpha value is -0.530. The minimum Gasteiger partial charge on any atom is -0.324 e. The second-order valence-electron chi connectivity index (χ2n) is 5.68. The first-order valence-corrected chi connectivity index (χ1v) is 7.51. The van der Waals surface area contributed by atoms with Gasteiger partial charge in [0.25, 0.3) is 0 Å². The van der Waals surface area contributed by atoms with Crippen molar-refractivity contribution in [2.24, 2.45) is 17.6 Å². The van der Waals surface area contributed by atoms with E-state index in [-0.39, 0.29) is 6.04 Å². The van der Waals surface area contributed by atoms with Crippen LogP contribution in [-0.4, -0.2) is 0 Å². The Morgan fingerprint density at radius 3 is 2.89 bits per heavy atom. The van der Waals surface area contributed by atoms with Crippen molar-refractivity contribution >= 4 is 11.6 Å². The third-order valence-corrected chi connectivity index (χ3v) is 4.99. The molecule has 0 amide bonds. The van der Waals surface area contributed by atoms with Crippen LogP contribution in [0.15, 0.2) is 18.2 Å². The average Bonchev–Trinajstić information content (AvgIpc) is 2.41. The summed E-state index contributed by atoms with van der Waals surface area (Å²) in [5.74, 6) is 1.50. The van der Waals surface area contributed by atoms with Crippen LogP contribution in [0, 0.1) is 18.8 Å². The molecular formula is C16H24ClN. The Kier molecular flexibility index (Phi) is 4.69. The third kappa shape index (κ3) is 2.89. The van der Waals surface area contributed by atoms with Crippen molar-refractivity contribution in [1.29, 1.82) is 0 Å². The molecule has 0 heterocycles. The maximum atomic E-state index is 6.50. The number of halogens is 1. The van der Waals surface area contributed by atoms with E-state index in [4.69, 9.17) is 17.3 Å². The fraction of sp³-hybridized carbons (Fsp3) is 0.625. The highest BCUT2D eigenvalue weighted by Crippen LogP contribution is 2.38. The van der Waals surface area contributed by atoms with Gasteiger partial charge in [-0.05, 0) is 48.8 Å². The zero-order valence-electron chi connectivity index (χ0n) is 11.5. The van der Waals surface area contributed by atoms with E-state index < -0.39 is 0 Å². The molecule has 100 valence electrons. The smallest absolute Gasteiger partial charge is 0.0438 e. The minimum absolute atomic E-state index is 0.151. The predicted octanol–water partition coefficient (Wildman–Crippen LogP) is 4.86. The molecule has 18 heavy (non-hydrogen) atoms. The van der Waals surface area contributed by atoms with Gasteiger partial charge in [0.2, 0.25) is 0 Å². The van der Waals surface area contributed by atoms with Crippen LogP contribution in [-0.2, 0) is 0 Å². The molecule has 1 aliphatic rings. The number of benzene rings is 1. The molecule has 2 heteroatoms. The lowest BCUT2D eigenvalue weighted by Gasteiger charge is -2.33. The Labute approximate surface area is 116 Å². The molecule has 3 unspecified atom stereocenters. The number of nitrogens with two attached hydrogens (primary N) is 1. The molecule has 1 aliphatic carbocycles. The Bertz CT molecular complexity index is 402. The zero-order chi connectivity index (χ0) is 13.1. The van der Waals surface area contributed by atoms with Crippen LogP contribution in [0.25, 0.3) is 0 Å². The molecule has 2 rings (SSSR count). The van der Waals surface area contributed by atoms with Crippen LogP contribution in [0.3, 0.4) is 0 Å². The van der Waals surface area contributed by atoms with E-state index in [9.17, 15) is 0 Å². The maximum Gasteiger partial charge on any atom is 0.0438 e. The van der Waals surface area contributed by atoms with Gasteiger partial charge in [0.05, 0.1) is 0 Å². The fourth-order valence-electron chi connectivity index (χ4n) is 3.27. The lowest BCUT2D eigenvalue weighted by molar-refractivity contribution is 0.230. The van der Waals surface area contributed by atoms with Crippen molar-refractivity contribution in [3.05, 3.63) is 34.3 Å². The lowest BCUT2D eigenvalue weighted by Crippen LogP contribution is -2.27. The van der Waals surface area contributed by atoms with Gasteiger partial charge in [-0.2, -0.15) is 0 Å².